The number of rotatable bonds is 8. The molecule has 1 heterocycles. The second-order valence-electron chi connectivity index (χ2n) is 4.20. The third kappa shape index (κ3) is 4.14. The van der Waals surface area contributed by atoms with Gasteiger partial charge in [-0.3, -0.25) is 9.48 Å². The van der Waals surface area contributed by atoms with Crippen molar-refractivity contribution in [3.8, 4) is 0 Å². The van der Waals surface area contributed by atoms with Crippen LogP contribution in [0, 0.1) is 0 Å². The lowest BCUT2D eigenvalue weighted by molar-refractivity contribution is 0.0943. The normalized spacial score (nSPS) is 10.6. The molecule has 0 saturated carbocycles. The van der Waals surface area contributed by atoms with Crippen molar-refractivity contribution in [3.05, 3.63) is 17.5 Å². The molecule has 0 radical (unpaired) electrons. The number of carbonyl (C=O) groups is 1. The average molecular weight is 252 g/mol. The van der Waals surface area contributed by atoms with Gasteiger partial charge in [-0.2, -0.15) is 5.10 Å². The van der Waals surface area contributed by atoms with Gasteiger partial charge in [0.05, 0.1) is 5.69 Å². The highest BCUT2D eigenvalue weighted by molar-refractivity contribution is 5.92. The topological polar surface area (TPSA) is 58.9 Å². The molecule has 1 aromatic heterocycles. The predicted octanol–water partition coefficient (Wildman–Crippen LogP) is 1.19. The van der Waals surface area contributed by atoms with Crippen molar-refractivity contribution in [3.63, 3.8) is 0 Å². The van der Waals surface area contributed by atoms with Crippen molar-refractivity contribution < 1.29 is 4.79 Å². The number of amides is 1. The van der Waals surface area contributed by atoms with Gasteiger partial charge in [-0.05, 0) is 32.4 Å². The molecule has 102 valence electrons. The molecule has 0 fully saturated rings. The Morgan fingerprint density at radius 3 is 2.67 bits per heavy atom. The van der Waals surface area contributed by atoms with Crippen LogP contribution in [-0.2, 0) is 13.0 Å². The van der Waals surface area contributed by atoms with E-state index >= 15 is 0 Å². The average Bonchev–Trinajstić information content (AvgIpc) is 2.81. The van der Waals surface area contributed by atoms with Gasteiger partial charge in [0.2, 0.25) is 0 Å². The summed E-state index contributed by atoms with van der Waals surface area (Å²) in [4.78, 5) is 12.0. The maximum absolute atomic E-state index is 12.0. The highest BCUT2D eigenvalue weighted by Gasteiger charge is 2.12. The molecular weight excluding hydrogens is 228 g/mol. The van der Waals surface area contributed by atoms with E-state index in [-0.39, 0.29) is 5.91 Å². The lowest BCUT2D eigenvalue weighted by atomic mass is 10.3. The molecule has 0 aliphatic heterocycles. The number of hydrogen-bond donors (Lipinski definition) is 2. The molecule has 0 bridgehead atoms. The summed E-state index contributed by atoms with van der Waals surface area (Å²) >= 11 is 0. The Kier molecular flexibility index (Phi) is 6.43. The zero-order chi connectivity index (χ0) is 13.4. The van der Waals surface area contributed by atoms with Crippen molar-refractivity contribution >= 4 is 5.91 Å². The number of aromatic nitrogens is 2. The minimum absolute atomic E-state index is 0.0395. The van der Waals surface area contributed by atoms with Crippen LogP contribution in [0.2, 0.25) is 0 Å². The molecule has 0 atom stereocenters. The molecule has 0 aliphatic carbocycles. The standard InChI is InChI=1S/C13H24N4O/c1-4-7-14-8-9-15-13(18)12-10-11(5-2)16-17(12)6-3/h10,14H,4-9H2,1-3H3,(H,15,18). The van der Waals surface area contributed by atoms with E-state index in [9.17, 15) is 4.79 Å². The molecule has 0 aromatic carbocycles. The van der Waals surface area contributed by atoms with Gasteiger partial charge in [0.25, 0.3) is 5.91 Å². The molecular formula is C13H24N4O. The Balaban J connectivity index is 2.47. The molecule has 18 heavy (non-hydrogen) atoms. The van der Waals surface area contributed by atoms with Gasteiger partial charge in [0.1, 0.15) is 5.69 Å². The van der Waals surface area contributed by atoms with Crippen molar-refractivity contribution in [2.45, 2.75) is 40.2 Å². The molecule has 0 spiro atoms. The van der Waals surface area contributed by atoms with E-state index in [1.165, 1.54) is 0 Å². The summed E-state index contributed by atoms with van der Waals surface area (Å²) in [7, 11) is 0. The summed E-state index contributed by atoms with van der Waals surface area (Å²) in [5.41, 5.74) is 1.62. The largest absolute Gasteiger partial charge is 0.349 e. The van der Waals surface area contributed by atoms with Crippen LogP contribution in [0.1, 0.15) is 43.4 Å². The Bertz CT molecular complexity index is 373. The van der Waals surface area contributed by atoms with Crippen LogP contribution in [0.3, 0.4) is 0 Å². The van der Waals surface area contributed by atoms with Gasteiger partial charge in [-0.15, -0.1) is 0 Å². The first-order valence-corrected chi connectivity index (χ1v) is 6.78. The summed E-state index contributed by atoms with van der Waals surface area (Å²) in [5.74, 6) is -0.0395. The monoisotopic (exact) mass is 252 g/mol. The van der Waals surface area contributed by atoms with E-state index in [0.717, 1.165) is 38.2 Å². The van der Waals surface area contributed by atoms with Crippen molar-refractivity contribution in [2.24, 2.45) is 0 Å². The van der Waals surface area contributed by atoms with Gasteiger partial charge in [-0.25, -0.2) is 0 Å². The van der Waals surface area contributed by atoms with Gasteiger partial charge in [-0.1, -0.05) is 13.8 Å². The molecule has 0 unspecified atom stereocenters. The van der Waals surface area contributed by atoms with Crippen LogP contribution in [0.25, 0.3) is 0 Å². The highest BCUT2D eigenvalue weighted by atomic mass is 16.2. The molecule has 1 aromatic rings. The minimum Gasteiger partial charge on any atom is -0.349 e. The second-order valence-corrected chi connectivity index (χ2v) is 4.20. The van der Waals surface area contributed by atoms with Gasteiger partial charge < -0.3 is 10.6 Å². The number of carbonyl (C=O) groups excluding carboxylic acids is 1. The molecule has 5 heteroatoms. The summed E-state index contributed by atoms with van der Waals surface area (Å²) in [6.07, 6.45) is 1.96. The van der Waals surface area contributed by atoms with E-state index < -0.39 is 0 Å². The Morgan fingerprint density at radius 2 is 2.06 bits per heavy atom. The van der Waals surface area contributed by atoms with Gasteiger partial charge in [0.15, 0.2) is 0 Å². The van der Waals surface area contributed by atoms with Crippen LogP contribution in [0.5, 0.6) is 0 Å². The minimum atomic E-state index is -0.0395. The van der Waals surface area contributed by atoms with Crippen molar-refractivity contribution in [1.29, 1.82) is 0 Å². The van der Waals surface area contributed by atoms with E-state index in [0.29, 0.717) is 12.2 Å². The van der Waals surface area contributed by atoms with E-state index in [4.69, 9.17) is 0 Å². The van der Waals surface area contributed by atoms with Gasteiger partial charge in [0, 0.05) is 19.6 Å². The SMILES string of the molecule is CCCNCCNC(=O)c1cc(CC)nn1CC. The zero-order valence-electron chi connectivity index (χ0n) is 11.6. The maximum atomic E-state index is 12.0. The van der Waals surface area contributed by atoms with E-state index in [2.05, 4.69) is 22.7 Å². The molecule has 0 aliphatic rings. The first kappa shape index (κ1) is 14.7. The first-order chi connectivity index (χ1) is 8.72. The molecule has 1 rings (SSSR count). The first-order valence-electron chi connectivity index (χ1n) is 6.78. The lowest BCUT2D eigenvalue weighted by Gasteiger charge is -2.07. The second kappa shape index (κ2) is 7.87. The fraction of sp³-hybridized carbons (Fsp3) is 0.692. The Labute approximate surface area is 109 Å². The quantitative estimate of drug-likeness (QED) is 0.683. The highest BCUT2D eigenvalue weighted by Crippen LogP contribution is 2.05. The third-order valence-electron chi connectivity index (χ3n) is 2.74. The van der Waals surface area contributed by atoms with Crippen molar-refractivity contribution in [2.75, 3.05) is 19.6 Å². The number of nitrogens with one attached hydrogen (secondary N) is 2. The predicted molar refractivity (Wildman–Crippen MR) is 72.8 cm³/mol. The maximum Gasteiger partial charge on any atom is 0.269 e. The summed E-state index contributed by atoms with van der Waals surface area (Å²) in [5, 5.41) is 10.5. The molecule has 1 amide bonds. The fourth-order valence-corrected chi connectivity index (χ4v) is 1.72. The smallest absolute Gasteiger partial charge is 0.269 e. The summed E-state index contributed by atoms with van der Waals surface area (Å²) < 4.78 is 1.76. The zero-order valence-corrected chi connectivity index (χ0v) is 11.6. The Hall–Kier alpha value is -1.36. The van der Waals surface area contributed by atoms with Crippen LogP contribution in [0.15, 0.2) is 6.07 Å². The third-order valence-corrected chi connectivity index (χ3v) is 2.74. The summed E-state index contributed by atoms with van der Waals surface area (Å²) in [6, 6.07) is 1.87. The molecule has 5 nitrogen and oxygen atoms in total. The van der Waals surface area contributed by atoms with Crippen molar-refractivity contribution in [1.82, 2.24) is 20.4 Å². The van der Waals surface area contributed by atoms with Gasteiger partial charge >= 0.3 is 0 Å². The molecule has 0 saturated heterocycles. The number of hydrogen-bond acceptors (Lipinski definition) is 3. The molecule has 2 N–H and O–H groups in total. The van der Waals surface area contributed by atoms with E-state index in [1.807, 2.05) is 19.9 Å². The van der Waals surface area contributed by atoms with Crippen LogP contribution in [-0.4, -0.2) is 35.3 Å². The number of aryl methyl sites for hydroxylation is 2. The Morgan fingerprint density at radius 1 is 1.28 bits per heavy atom. The van der Waals surface area contributed by atoms with Crippen LogP contribution in [0.4, 0.5) is 0 Å². The van der Waals surface area contributed by atoms with E-state index in [1.54, 1.807) is 4.68 Å². The van der Waals surface area contributed by atoms with Crippen LogP contribution < -0.4 is 10.6 Å². The fourth-order valence-electron chi connectivity index (χ4n) is 1.72. The lowest BCUT2D eigenvalue weighted by Crippen LogP contribution is -2.33. The number of nitrogens with zero attached hydrogens (tertiary/aromatic N) is 2. The van der Waals surface area contributed by atoms with Crippen LogP contribution >= 0.6 is 0 Å². The summed E-state index contributed by atoms with van der Waals surface area (Å²) in [6.45, 7) is 9.32.